The van der Waals surface area contributed by atoms with E-state index in [2.05, 4.69) is 10.5 Å². The predicted molar refractivity (Wildman–Crippen MR) is 97.5 cm³/mol. The van der Waals surface area contributed by atoms with E-state index in [1.165, 1.54) is 27.5 Å². The first-order valence-corrected chi connectivity index (χ1v) is 7.54. The number of ether oxygens (including phenoxy) is 3. The van der Waals surface area contributed by atoms with Crippen molar-refractivity contribution in [3.63, 3.8) is 0 Å². The van der Waals surface area contributed by atoms with Crippen LogP contribution in [0, 0.1) is 0 Å². The molecule has 0 saturated heterocycles. The molecule has 1 N–H and O–H groups in total. The maximum atomic E-state index is 12.2. The number of amides is 1. The molecule has 130 valence electrons. The third-order valence-corrected chi connectivity index (χ3v) is 3.34. The van der Waals surface area contributed by atoms with Gasteiger partial charge in [-0.25, -0.2) is 5.43 Å². The van der Waals surface area contributed by atoms with E-state index in [-0.39, 0.29) is 5.91 Å². The molecule has 0 aliphatic rings. The van der Waals surface area contributed by atoms with Crippen molar-refractivity contribution >= 4 is 18.2 Å². The molecule has 0 aliphatic heterocycles. The Labute approximate surface area is 146 Å². The topological polar surface area (TPSA) is 69.2 Å². The number of nitrogens with one attached hydrogen (secondary N) is 1. The first-order chi connectivity index (χ1) is 12.2. The molecule has 0 fully saturated rings. The standard InChI is InChI=1S/C19H20N2O4/c1-23-16-12-15(13-17(24-2)18(16)25-3)19(22)21-20-11-7-10-14-8-5-4-6-9-14/h4-13H,1-3H3,(H,21,22)/b10-7+,20-11+. The Morgan fingerprint density at radius 3 is 2.20 bits per heavy atom. The Morgan fingerprint density at radius 2 is 1.64 bits per heavy atom. The van der Waals surface area contributed by atoms with Gasteiger partial charge in [-0.1, -0.05) is 36.4 Å². The van der Waals surface area contributed by atoms with Crippen molar-refractivity contribution in [1.82, 2.24) is 5.43 Å². The molecule has 0 aromatic heterocycles. The number of nitrogens with zero attached hydrogens (tertiary/aromatic N) is 1. The van der Waals surface area contributed by atoms with Gasteiger partial charge in [0, 0.05) is 11.8 Å². The first-order valence-electron chi connectivity index (χ1n) is 7.54. The Hall–Kier alpha value is -3.28. The van der Waals surface area contributed by atoms with E-state index in [1.807, 2.05) is 36.4 Å². The quantitative estimate of drug-likeness (QED) is 0.621. The third-order valence-electron chi connectivity index (χ3n) is 3.34. The number of carbonyl (C=O) groups excluding carboxylic acids is 1. The van der Waals surface area contributed by atoms with Crippen molar-refractivity contribution in [2.45, 2.75) is 0 Å². The summed E-state index contributed by atoms with van der Waals surface area (Å²) in [5.41, 5.74) is 3.84. The lowest BCUT2D eigenvalue weighted by Gasteiger charge is -2.13. The fraction of sp³-hybridized carbons (Fsp3) is 0.158. The van der Waals surface area contributed by atoms with E-state index in [4.69, 9.17) is 14.2 Å². The van der Waals surface area contributed by atoms with Gasteiger partial charge < -0.3 is 14.2 Å². The summed E-state index contributed by atoms with van der Waals surface area (Å²) in [6.45, 7) is 0. The zero-order valence-electron chi connectivity index (χ0n) is 14.4. The van der Waals surface area contributed by atoms with Gasteiger partial charge in [0.1, 0.15) is 0 Å². The van der Waals surface area contributed by atoms with E-state index < -0.39 is 0 Å². The van der Waals surface area contributed by atoms with Gasteiger partial charge in [-0.05, 0) is 23.8 Å². The maximum Gasteiger partial charge on any atom is 0.271 e. The second kappa shape index (κ2) is 9.12. The molecule has 0 atom stereocenters. The van der Waals surface area contributed by atoms with Crippen LogP contribution in [0.5, 0.6) is 17.2 Å². The fourth-order valence-electron chi connectivity index (χ4n) is 2.13. The van der Waals surface area contributed by atoms with Crippen LogP contribution in [0.1, 0.15) is 15.9 Å². The van der Waals surface area contributed by atoms with Crippen LogP contribution < -0.4 is 19.6 Å². The molecule has 6 nitrogen and oxygen atoms in total. The summed E-state index contributed by atoms with van der Waals surface area (Å²) < 4.78 is 15.7. The fourth-order valence-corrected chi connectivity index (χ4v) is 2.13. The van der Waals surface area contributed by atoms with Crippen LogP contribution in [-0.2, 0) is 0 Å². The molecular formula is C19H20N2O4. The zero-order valence-corrected chi connectivity index (χ0v) is 14.4. The predicted octanol–water partition coefficient (Wildman–Crippen LogP) is 3.14. The number of carbonyl (C=O) groups is 1. The van der Waals surface area contributed by atoms with Gasteiger partial charge in [-0.15, -0.1) is 0 Å². The molecule has 0 aliphatic carbocycles. The summed E-state index contributed by atoms with van der Waals surface area (Å²) >= 11 is 0. The molecule has 0 saturated carbocycles. The molecule has 0 unspecified atom stereocenters. The molecule has 2 aromatic rings. The minimum absolute atomic E-state index is 0.346. The van der Waals surface area contributed by atoms with Gasteiger partial charge in [0.15, 0.2) is 11.5 Å². The van der Waals surface area contributed by atoms with Gasteiger partial charge in [0.05, 0.1) is 21.3 Å². The van der Waals surface area contributed by atoms with Crippen molar-refractivity contribution in [1.29, 1.82) is 0 Å². The van der Waals surface area contributed by atoms with Crippen LogP contribution in [0.25, 0.3) is 6.08 Å². The minimum atomic E-state index is -0.386. The lowest BCUT2D eigenvalue weighted by atomic mass is 10.1. The number of benzene rings is 2. The molecule has 0 radical (unpaired) electrons. The average Bonchev–Trinajstić information content (AvgIpc) is 2.67. The number of methoxy groups -OCH3 is 3. The smallest absolute Gasteiger partial charge is 0.271 e. The van der Waals surface area contributed by atoms with E-state index in [0.717, 1.165) is 5.56 Å². The second-order valence-electron chi connectivity index (χ2n) is 4.90. The lowest BCUT2D eigenvalue weighted by molar-refractivity contribution is 0.0954. The van der Waals surface area contributed by atoms with Crippen molar-refractivity contribution in [2.24, 2.45) is 5.10 Å². The number of allylic oxidation sites excluding steroid dienone is 1. The Kier molecular flexibility index (Phi) is 6.59. The molecule has 2 aromatic carbocycles. The molecule has 0 heterocycles. The van der Waals surface area contributed by atoms with Crippen molar-refractivity contribution in [3.8, 4) is 17.2 Å². The van der Waals surface area contributed by atoms with Gasteiger partial charge in [-0.3, -0.25) is 4.79 Å². The largest absolute Gasteiger partial charge is 0.493 e. The highest BCUT2D eigenvalue weighted by Gasteiger charge is 2.16. The SMILES string of the molecule is COc1cc(C(=O)N/N=C/C=C/c2ccccc2)cc(OC)c1OC. The van der Waals surface area contributed by atoms with E-state index in [9.17, 15) is 4.79 Å². The minimum Gasteiger partial charge on any atom is -0.493 e. The average molecular weight is 340 g/mol. The highest BCUT2D eigenvalue weighted by atomic mass is 16.5. The highest BCUT2D eigenvalue weighted by molar-refractivity contribution is 5.96. The third kappa shape index (κ3) is 4.84. The molecule has 0 spiro atoms. The maximum absolute atomic E-state index is 12.2. The monoisotopic (exact) mass is 340 g/mol. The molecular weight excluding hydrogens is 320 g/mol. The second-order valence-corrected chi connectivity index (χ2v) is 4.90. The van der Waals surface area contributed by atoms with E-state index in [1.54, 1.807) is 18.2 Å². The summed E-state index contributed by atoms with van der Waals surface area (Å²) in [5.74, 6) is 0.847. The van der Waals surface area contributed by atoms with Crippen LogP contribution >= 0.6 is 0 Å². The van der Waals surface area contributed by atoms with Crippen LogP contribution in [0.3, 0.4) is 0 Å². The molecule has 0 bridgehead atoms. The number of hydrogen-bond acceptors (Lipinski definition) is 5. The number of rotatable bonds is 7. The van der Waals surface area contributed by atoms with Crippen LogP contribution in [0.4, 0.5) is 0 Å². The summed E-state index contributed by atoms with van der Waals surface area (Å²) in [5, 5.41) is 3.89. The Balaban J connectivity index is 2.05. The van der Waals surface area contributed by atoms with Crippen molar-refractivity contribution in [2.75, 3.05) is 21.3 Å². The summed E-state index contributed by atoms with van der Waals surface area (Å²) in [6.07, 6.45) is 5.13. The Morgan fingerprint density at radius 1 is 1.00 bits per heavy atom. The Bertz CT molecular complexity index is 745. The van der Waals surface area contributed by atoms with E-state index >= 15 is 0 Å². The van der Waals surface area contributed by atoms with Crippen LogP contribution in [0.15, 0.2) is 53.6 Å². The van der Waals surface area contributed by atoms with Gasteiger partial charge in [0.2, 0.25) is 5.75 Å². The van der Waals surface area contributed by atoms with Crippen LogP contribution in [0.2, 0.25) is 0 Å². The number of hydrazone groups is 1. The molecule has 25 heavy (non-hydrogen) atoms. The van der Waals surface area contributed by atoms with Crippen molar-refractivity contribution in [3.05, 3.63) is 59.7 Å². The first kappa shape index (κ1) is 18.1. The summed E-state index contributed by atoms with van der Waals surface area (Å²) in [7, 11) is 4.49. The molecule has 2 rings (SSSR count). The van der Waals surface area contributed by atoms with Gasteiger partial charge in [-0.2, -0.15) is 5.10 Å². The number of hydrogen-bond donors (Lipinski definition) is 1. The summed E-state index contributed by atoms with van der Waals surface area (Å²) in [4.78, 5) is 12.2. The van der Waals surface area contributed by atoms with Gasteiger partial charge >= 0.3 is 0 Å². The molecule has 1 amide bonds. The highest BCUT2D eigenvalue weighted by Crippen LogP contribution is 2.38. The normalized spacial score (nSPS) is 10.8. The molecule has 6 heteroatoms. The van der Waals surface area contributed by atoms with Crippen LogP contribution in [-0.4, -0.2) is 33.5 Å². The zero-order chi connectivity index (χ0) is 18.1. The lowest BCUT2D eigenvalue weighted by Crippen LogP contribution is -2.17. The van der Waals surface area contributed by atoms with Crippen molar-refractivity contribution < 1.29 is 19.0 Å². The summed E-state index contributed by atoms with van der Waals surface area (Å²) in [6, 6.07) is 12.9. The van der Waals surface area contributed by atoms with E-state index in [0.29, 0.717) is 22.8 Å². The van der Waals surface area contributed by atoms with Gasteiger partial charge in [0.25, 0.3) is 5.91 Å².